The number of aromatic nitrogens is 4. The highest BCUT2D eigenvalue weighted by molar-refractivity contribution is 5.91. The summed E-state index contributed by atoms with van der Waals surface area (Å²) >= 11 is 0. The lowest BCUT2D eigenvalue weighted by Gasteiger charge is -2.34. The summed E-state index contributed by atoms with van der Waals surface area (Å²) in [5, 5.41) is 8.47. The van der Waals surface area contributed by atoms with Gasteiger partial charge in [0.2, 0.25) is 5.95 Å². The van der Waals surface area contributed by atoms with Gasteiger partial charge in [-0.1, -0.05) is 0 Å². The van der Waals surface area contributed by atoms with Gasteiger partial charge in [0.15, 0.2) is 11.4 Å². The molecule has 1 aliphatic rings. The van der Waals surface area contributed by atoms with Gasteiger partial charge in [0.05, 0.1) is 17.8 Å². The van der Waals surface area contributed by atoms with Crippen LogP contribution in [0.2, 0.25) is 0 Å². The summed E-state index contributed by atoms with van der Waals surface area (Å²) in [7, 11) is 1.87. The summed E-state index contributed by atoms with van der Waals surface area (Å²) in [6, 6.07) is 3.42. The smallest absolute Gasteiger partial charge is 0.289 e. The quantitative estimate of drug-likeness (QED) is 0.724. The lowest BCUT2D eigenvalue weighted by molar-refractivity contribution is 0.0714. The van der Waals surface area contributed by atoms with Crippen LogP contribution in [0, 0.1) is 0 Å². The molecule has 1 amide bonds. The molecule has 27 heavy (non-hydrogen) atoms. The molecule has 4 rings (SSSR count). The van der Waals surface area contributed by atoms with Crippen molar-refractivity contribution in [3.05, 3.63) is 30.4 Å². The lowest BCUT2D eigenvalue weighted by Crippen LogP contribution is -2.49. The van der Waals surface area contributed by atoms with Crippen molar-refractivity contribution < 1.29 is 9.21 Å². The zero-order chi connectivity index (χ0) is 18.1. The molecule has 0 spiro atoms. The minimum absolute atomic E-state index is 0. The van der Waals surface area contributed by atoms with Gasteiger partial charge in [-0.05, 0) is 19.1 Å². The molecule has 3 aromatic rings. The van der Waals surface area contributed by atoms with Crippen LogP contribution in [-0.4, -0.2) is 63.3 Å². The van der Waals surface area contributed by atoms with E-state index in [0.717, 1.165) is 23.4 Å². The van der Waals surface area contributed by atoms with Crippen molar-refractivity contribution in [2.75, 3.05) is 42.9 Å². The molecule has 0 saturated carbocycles. The highest BCUT2D eigenvalue weighted by Crippen LogP contribution is 2.23. The monoisotopic (exact) mass is 391 g/mol. The van der Waals surface area contributed by atoms with E-state index in [1.54, 1.807) is 27.9 Å². The number of halogens is 1. The molecular formula is C17H22ClN7O2. The van der Waals surface area contributed by atoms with Crippen molar-refractivity contribution in [3.63, 3.8) is 0 Å². The minimum Gasteiger partial charge on any atom is -0.459 e. The van der Waals surface area contributed by atoms with Crippen LogP contribution in [-0.2, 0) is 7.05 Å². The number of fused-ring (bicyclic) bond motifs is 1. The number of carbonyl (C=O) groups is 1. The first-order valence-corrected chi connectivity index (χ1v) is 8.68. The van der Waals surface area contributed by atoms with Crippen molar-refractivity contribution in [1.82, 2.24) is 24.6 Å². The number of hydrogen-bond acceptors (Lipinski definition) is 7. The Morgan fingerprint density at radius 1 is 1.26 bits per heavy atom. The summed E-state index contributed by atoms with van der Waals surface area (Å²) in [6.07, 6.45) is 3.29. The average Bonchev–Trinajstić information content (AvgIpc) is 3.32. The number of nitrogens with one attached hydrogen (secondary N) is 1. The molecule has 0 aromatic carbocycles. The maximum absolute atomic E-state index is 12.4. The molecule has 1 aliphatic heterocycles. The van der Waals surface area contributed by atoms with E-state index in [1.807, 2.05) is 14.0 Å². The van der Waals surface area contributed by atoms with Gasteiger partial charge in [0.1, 0.15) is 5.82 Å². The molecular weight excluding hydrogens is 370 g/mol. The van der Waals surface area contributed by atoms with Crippen LogP contribution in [0.1, 0.15) is 17.5 Å². The van der Waals surface area contributed by atoms with Gasteiger partial charge in [-0.25, -0.2) is 0 Å². The predicted octanol–water partition coefficient (Wildman–Crippen LogP) is 1.77. The average molecular weight is 392 g/mol. The number of anilines is 2. The van der Waals surface area contributed by atoms with Crippen LogP contribution in [0.5, 0.6) is 0 Å². The number of nitrogens with zero attached hydrogens (tertiary/aromatic N) is 6. The van der Waals surface area contributed by atoms with Crippen LogP contribution in [0.4, 0.5) is 11.8 Å². The Hall–Kier alpha value is -2.81. The molecule has 3 aromatic heterocycles. The van der Waals surface area contributed by atoms with Crippen LogP contribution >= 0.6 is 12.4 Å². The van der Waals surface area contributed by atoms with Crippen LogP contribution in [0.15, 0.2) is 29.0 Å². The predicted molar refractivity (Wildman–Crippen MR) is 105 cm³/mol. The maximum Gasteiger partial charge on any atom is 0.289 e. The molecule has 1 N–H and O–H groups in total. The highest BCUT2D eigenvalue weighted by atomic mass is 35.5. The second-order valence-electron chi connectivity index (χ2n) is 6.16. The Labute approximate surface area is 162 Å². The van der Waals surface area contributed by atoms with Gasteiger partial charge in [-0.2, -0.15) is 15.1 Å². The van der Waals surface area contributed by atoms with Crippen LogP contribution < -0.4 is 10.2 Å². The van der Waals surface area contributed by atoms with Crippen molar-refractivity contribution in [1.29, 1.82) is 0 Å². The van der Waals surface area contributed by atoms with Crippen LogP contribution in [0.3, 0.4) is 0 Å². The molecule has 4 heterocycles. The zero-order valence-corrected chi connectivity index (χ0v) is 16.1. The number of hydrogen-bond donors (Lipinski definition) is 1. The van der Waals surface area contributed by atoms with E-state index in [2.05, 4.69) is 25.3 Å². The van der Waals surface area contributed by atoms with Gasteiger partial charge in [-0.15, -0.1) is 12.4 Å². The summed E-state index contributed by atoms with van der Waals surface area (Å²) in [5.41, 5.74) is 0.792. The van der Waals surface area contributed by atoms with E-state index in [4.69, 9.17) is 4.42 Å². The Kier molecular flexibility index (Phi) is 5.50. The molecule has 0 aliphatic carbocycles. The lowest BCUT2D eigenvalue weighted by atomic mass is 10.3. The third-order valence-corrected chi connectivity index (χ3v) is 4.51. The topological polar surface area (TPSA) is 92.3 Å². The molecule has 0 atom stereocenters. The third-order valence-electron chi connectivity index (χ3n) is 4.51. The largest absolute Gasteiger partial charge is 0.459 e. The first kappa shape index (κ1) is 19.0. The summed E-state index contributed by atoms with van der Waals surface area (Å²) < 4.78 is 6.96. The fraction of sp³-hybridized carbons (Fsp3) is 0.412. The summed E-state index contributed by atoms with van der Waals surface area (Å²) in [4.78, 5) is 25.6. The number of piperazine rings is 1. The van der Waals surface area contributed by atoms with Crippen molar-refractivity contribution >= 4 is 41.1 Å². The van der Waals surface area contributed by atoms with E-state index in [9.17, 15) is 4.79 Å². The van der Waals surface area contributed by atoms with Gasteiger partial charge in [0.25, 0.3) is 5.91 Å². The van der Waals surface area contributed by atoms with Crippen molar-refractivity contribution in [2.45, 2.75) is 6.92 Å². The van der Waals surface area contributed by atoms with E-state index >= 15 is 0 Å². The Balaban J connectivity index is 0.00000210. The number of furan rings is 1. The normalized spacial score (nSPS) is 14.3. The number of amides is 1. The third kappa shape index (κ3) is 3.55. The van der Waals surface area contributed by atoms with E-state index in [0.29, 0.717) is 37.9 Å². The molecule has 1 fully saturated rings. The number of aryl methyl sites for hydroxylation is 1. The number of carbonyl (C=O) groups excluding carboxylic acids is 1. The van der Waals surface area contributed by atoms with E-state index in [1.165, 1.54) is 6.26 Å². The molecule has 9 nitrogen and oxygen atoms in total. The summed E-state index contributed by atoms with van der Waals surface area (Å²) in [5.74, 6) is 1.74. The molecule has 0 unspecified atom stereocenters. The molecule has 144 valence electrons. The standard InChI is InChI=1S/C17H21N7O2.ClH/c1-3-18-14-12-11-19-22(2)15(12)21-17(20-14)24-8-6-23(7-9-24)16(25)13-5-4-10-26-13;/h4-5,10-11H,3,6-9H2,1-2H3,(H,18,20,21);1H. The van der Waals surface area contributed by atoms with Gasteiger partial charge in [-0.3, -0.25) is 9.48 Å². The second-order valence-corrected chi connectivity index (χ2v) is 6.16. The molecule has 0 radical (unpaired) electrons. The Bertz CT molecular complexity index is 917. The molecule has 1 saturated heterocycles. The first-order chi connectivity index (χ1) is 12.7. The molecule has 10 heteroatoms. The zero-order valence-electron chi connectivity index (χ0n) is 15.3. The number of rotatable bonds is 4. The van der Waals surface area contributed by atoms with Gasteiger partial charge >= 0.3 is 0 Å². The van der Waals surface area contributed by atoms with Gasteiger partial charge < -0.3 is 19.5 Å². The Morgan fingerprint density at radius 2 is 2.04 bits per heavy atom. The Morgan fingerprint density at radius 3 is 2.70 bits per heavy atom. The summed E-state index contributed by atoms with van der Waals surface area (Å²) in [6.45, 7) is 5.34. The fourth-order valence-electron chi connectivity index (χ4n) is 3.12. The second kappa shape index (κ2) is 7.83. The minimum atomic E-state index is -0.0778. The van der Waals surface area contributed by atoms with E-state index in [-0.39, 0.29) is 18.3 Å². The van der Waals surface area contributed by atoms with E-state index < -0.39 is 0 Å². The first-order valence-electron chi connectivity index (χ1n) is 8.68. The maximum atomic E-state index is 12.4. The van der Waals surface area contributed by atoms with Crippen molar-refractivity contribution in [3.8, 4) is 0 Å². The highest BCUT2D eigenvalue weighted by Gasteiger charge is 2.25. The van der Waals surface area contributed by atoms with Crippen molar-refractivity contribution in [2.24, 2.45) is 7.05 Å². The molecule has 0 bridgehead atoms. The fourth-order valence-corrected chi connectivity index (χ4v) is 3.12. The van der Waals surface area contributed by atoms with Crippen LogP contribution in [0.25, 0.3) is 11.0 Å². The van der Waals surface area contributed by atoms with Gasteiger partial charge in [0, 0.05) is 39.8 Å². The SMILES string of the molecule is CCNc1nc(N2CCN(C(=O)c3ccco3)CC2)nc2c1cnn2C.Cl.